The molecule has 0 heterocycles. The van der Waals surface area contributed by atoms with Crippen molar-refractivity contribution in [1.82, 2.24) is 0 Å². The Balaban J connectivity index is 3.84. The van der Waals surface area contributed by atoms with Gasteiger partial charge in [-0.15, -0.1) is 11.6 Å². The highest BCUT2D eigenvalue weighted by Crippen LogP contribution is 1.98. The molecule has 0 nitrogen and oxygen atoms in total. The first-order valence-electron chi connectivity index (χ1n) is 2.85. The summed E-state index contributed by atoms with van der Waals surface area (Å²) in [4.78, 5) is 0. The Kier molecular flexibility index (Phi) is 5.34. The molecule has 0 aliphatic heterocycles. The van der Waals surface area contributed by atoms with Crippen molar-refractivity contribution >= 4 is 11.6 Å². The quantitative estimate of drug-likeness (QED) is 0.420. The van der Waals surface area contributed by atoms with Crippen molar-refractivity contribution in [1.29, 1.82) is 0 Å². The van der Waals surface area contributed by atoms with E-state index in [1.807, 2.05) is 25.2 Å². The molecule has 0 saturated carbocycles. The zero-order chi connectivity index (χ0) is 7.11. The van der Waals surface area contributed by atoms with Crippen LogP contribution in [0.15, 0.2) is 36.5 Å². The average molecular weight is 143 g/mol. The van der Waals surface area contributed by atoms with Gasteiger partial charge in [-0.05, 0) is 12.5 Å². The van der Waals surface area contributed by atoms with Crippen LogP contribution in [0.1, 0.15) is 6.92 Å². The smallest absolute Gasteiger partial charge is 0.0470 e. The molecule has 0 aromatic carbocycles. The molecule has 0 aromatic heterocycles. The summed E-state index contributed by atoms with van der Waals surface area (Å²) in [6.45, 7) is 5.51. The van der Waals surface area contributed by atoms with Gasteiger partial charge in [-0.2, -0.15) is 0 Å². The summed E-state index contributed by atoms with van der Waals surface area (Å²) in [6.07, 6.45) is 7.53. The maximum atomic E-state index is 5.55. The van der Waals surface area contributed by atoms with E-state index in [9.17, 15) is 0 Å². The van der Waals surface area contributed by atoms with E-state index >= 15 is 0 Å². The van der Waals surface area contributed by atoms with E-state index < -0.39 is 0 Å². The minimum Gasteiger partial charge on any atom is -0.122 e. The highest BCUT2D eigenvalue weighted by atomic mass is 35.5. The normalized spacial score (nSPS) is 12.4. The fraction of sp³-hybridized carbons (Fsp3) is 0.250. The number of allylic oxidation sites excluding steroid dienone is 5. The van der Waals surface area contributed by atoms with Gasteiger partial charge in [-0.3, -0.25) is 0 Å². The van der Waals surface area contributed by atoms with Crippen LogP contribution in [0.25, 0.3) is 0 Å². The number of hydrogen-bond acceptors (Lipinski definition) is 0. The van der Waals surface area contributed by atoms with Crippen molar-refractivity contribution in [3.05, 3.63) is 36.5 Å². The predicted molar refractivity (Wildman–Crippen MR) is 43.8 cm³/mol. The second-order valence-electron chi connectivity index (χ2n) is 1.59. The van der Waals surface area contributed by atoms with Gasteiger partial charge in [-0.25, -0.2) is 0 Å². The molecule has 0 aliphatic rings. The molecule has 0 unspecified atom stereocenters. The Morgan fingerprint density at radius 2 is 2.33 bits per heavy atom. The summed E-state index contributed by atoms with van der Waals surface area (Å²) in [5.41, 5.74) is 1.12. The monoisotopic (exact) mass is 142 g/mol. The van der Waals surface area contributed by atoms with Crippen molar-refractivity contribution in [3.63, 3.8) is 0 Å². The predicted octanol–water partition coefficient (Wildman–Crippen LogP) is 2.91. The van der Waals surface area contributed by atoms with E-state index in [2.05, 4.69) is 6.58 Å². The minimum absolute atomic E-state index is 0.570. The molecule has 0 bridgehead atoms. The Bertz CT molecular complexity index is 132. The van der Waals surface area contributed by atoms with Gasteiger partial charge in [0.2, 0.25) is 0 Å². The SMILES string of the molecule is C=C/C=C\C(=C/C)CCl. The van der Waals surface area contributed by atoms with Gasteiger partial charge in [0.25, 0.3) is 0 Å². The van der Waals surface area contributed by atoms with E-state index in [4.69, 9.17) is 11.6 Å². The van der Waals surface area contributed by atoms with E-state index in [0.29, 0.717) is 5.88 Å². The molecule has 0 amide bonds. The largest absolute Gasteiger partial charge is 0.122 e. The molecular formula is C8H11Cl. The molecule has 1 heteroatoms. The lowest BCUT2D eigenvalue weighted by atomic mass is 10.2. The molecule has 0 radical (unpaired) electrons. The van der Waals surface area contributed by atoms with Crippen LogP contribution < -0.4 is 0 Å². The summed E-state index contributed by atoms with van der Waals surface area (Å²) < 4.78 is 0. The van der Waals surface area contributed by atoms with Crippen LogP contribution in [-0.4, -0.2) is 5.88 Å². The first kappa shape index (κ1) is 8.51. The second-order valence-corrected chi connectivity index (χ2v) is 1.86. The molecule has 0 spiro atoms. The first-order chi connectivity index (χ1) is 4.35. The first-order valence-corrected chi connectivity index (χ1v) is 3.38. The Labute approximate surface area is 61.5 Å². The van der Waals surface area contributed by atoms with Crippen LogP contribution in [0.3, 0.4) is 0 Å². The third kappa shape index (κ3) is 4.04. The molecule has 0 N–H and O–H groups in total. The van der Waals surface area contributed by atoms with E-state index in [0.717, 1.165) is 5.57 Å². The van der Waals surface area contributed by atoms with Gasteiger partial charge >= 0.3 is 0 Å². The third-order valence-corrected chi connectivity index (χ3v) is 1.28. The number of rotatable bonds is 3. The molecule has 0 atom stereocenters. The summed E-state index contributed by atoms with van der Waals surface area (Å²) in [7, 11) is 0. The summed E-state index contributed by atoms with van der Waals surface area (Å²) in [5, 5.41) is 0. The lowest BCUT2D eigenvalue weighted by molar-refractivity contribution is 1.48. The molecular weight excluding hydrogens is 132 g/mol. The molecule has 0 rings (SSSR count). The van der Waals surface area contributed by atoms with Crippen molar-refractivity contribution in [3.8, 4) is 0 Å². The second kappa shape index (κ2) is 5.64. The average Bonchev–Trinajstić information content (AvgIpc) is 1.91. The van der Waals surface area contributed by atoms with E-state index in [1.165, 1.54) is 0 Å². The van der Waals surface area contributed by atoms with E-state index in [1.54, 1.807) is 6.08 Å². The van der Waals surface area contributed by atoms with Gasteiger partial charge in [0.1, 0.15) is 0 Å². The topological polar surface area (TPSA) is 0 Å². The molecule has 0 aliphatic carbocycles. The Hall–Kier alpha value is -0.490. The highest BCUT2D eigenvalue weighted by molar-refractivity contribution is 6.19. The van der Waals surface area contributed by atoms with Crippen molar-refractivity contribution in [2.24, 2.45) is 0 Å². The standard InChI is InChI=1S/C8H11Cl/c1-3-5-6-8(4-2)7-9/h3-6H,1,7H2,2H3/b6-5-,8-4+. The maximum Gasteiger partial charge on any atom is 0.0470 e. The zero-order valence-corrected chi connectivity index (χ0v) is 6.36. The lowest BCUT2D eigenvalue weighted by Crippen LogP contribution is -1.75. The van der Waals surface area contributed by atoms with Gasteiger partial charge < -0.3 is 0 Å². The molecule has 50 valence electrons. The lowest BCUT2D eigenvalue weighted by Gasteiger charge is -1.88. The Morgan fingerprint density at radius 1 is 1.67 bits per heavy atom. The van der Waals surface area contributed by atoms with Crippen LogP contribution in [0, 0.1) is 0 Å². The third-order valence-electron chi connectivity index (χ3n) is 0.971. The molecule has 0 fully saturated rings. The number of alkyl halides is 1. The van der Waals surface area contributed by atoms with Gasteiger partial charge in [0, 0.05) is 5.88 Å². The Morgan fingerprint density at radius 3 is 2.67 bits per heavy atom. The van der Waals surface area contributed by atoms with Crippen LogP contribution in [-0.2, 0) is 0 Å². The van der Waals surface area contributed by atoms with Gasteiger partial charge in [-0.1, -0.05) is 30.9 Å². The van der Waals surface area contributed by atoms with E-state index in [-0.39, 0.29) is 0 Å². The maximum absolute atomic E-state index is 5.55. The molecule has 9 heavy (non-hydrogen) atoms. The van der Waals surface area contributed by atoms with Crippen LogP contribution >= 0.6 is 11.6 Å². The van der Waals surface area contributed by atoms with Gasteiger partial charge in [0.05, 0.1) is 0 Å². The number of halogens is 1. The molecule has 0 saturated heterocycles. The van der Waals surface area contributed by atoms with Crippen molar-refractivity contribution in [2.45, 2.75) is 6.92 Å². The van der Waals surface area contributed by atoms with Crippen LogP contribution in [0.2, 0.25) is 0 Å². The zero-order valence-electron chi connectivity index (χ0n) is 5.60. The van der Waals surface area contributed by atoms with Crippen molar-refractivity contribution < 1.29 is 0 Å². The fourth-order valence-corrected chi connectivity index (χ4v) is 0.653. The number of hydrogen-bond donors (Lipinski definition) is 0. The van der Waals surface area contributed by atoms with Crippen molar-refractivity contribution in [2.75, 3.05) is 5.88 Å². The fourth-order valence-electron chi connectivity index (χ4n) is 0.410. The summed E-state index contributed by atoms with van der Waals surface area (Å²) >= 11 is 5.55. The van der Waals surface area contributed by atoms with Gasteiger partial charge in [0.15, 0.2) is 0 Å². The summed E-state index contributed by atoms with van der Waals surface area (Å²) in [5.74, 6) is 0.570. The van der Waals surface area contributed by atoms with Crippen LogP contribution in [0.5, 0.6) is 0 Å². The highest BCUT2D eigenvalue weighted by Gasteiger charge is 1.82. The minimum atomic E-state index is 0.570. The molecule has 0 aromatic rings. The van der Waals surface area contributed by atoms with Crippen LogP contribution in [0.4, 0.5) is 0 Å². The summed E-state index contributed by atoms with van der Waals surface area (Å²) in [6, 6.07) is 0.